The molecule has 0 aliphatic heterocycles. The first-order valence-electron chi connectivity index (χ1n) is 6.02. The van der Waals surface area contributed by atoms with E-state index in [1.807, 2.05) is 25.1 Å². The number of rotatable bonds is 7. The van der Waals surface area contributed by atoms with Gasteiger partial charge in [-0.3, -0.25) is 4.90 Å². The number of nitrogens with two attached hydrogens (primary N) is 1. The fourth-order valence-corrected chi connectivity index (χ4v) is 2.16. The third-order valence-corrected chi connectivity index (χ3v) is 3.48. The van der Waals surface area contributed by atoms with Crippen molar-refractivity contribution in [3.05, 3.63) is 28.2 Å². The highest BCUT2D eigenvalue weighted by Gasteiger charge is 2.09. The Morgan fingerprint density at radius 2 is 2.12 bits per heavy atom. The molecule has 0 amide bonds. The van der Waals surface area contributed by atoms with E-state index in [9.17, 15) is 0 Å². The van der Waals surface area contributed by atoms with Crippen molar-refractivity contribution in [3.63, 3.8) is 0 Å². The van der Waals surface area contributed by atoms with E-state index in [4.69, 9.17) is 10.5 Å². The molecule has 0 spiro atoms. The molecule has 0 atom stereocenters. The number of anilines is 1. The lowest BCUT2D eigenvalue weighted by Crippen LogP contribution is -2.27. The van der Waals surface area contributed by atoms with Crippen molar-refractivity contribution in [2.75, 3.05) is 32.0 Å². The fourth-order valence-electron chi connectivity index (χ4n) is 1.65. The molecule has 2 N–H and O–H groups in total. The van der Waals surface area contributed by atoms with Crippen LogP contribution in [-0.4, -0.2) is 31.2 Å². The zero-order valence-electron chi connectivity index (χ0n) is 10.6. The maximum atomic E-state index is 5.99. The predicted octanol–water partition coefficient (Wildman–Crippen LogP) is 2.89. The average Bonchev–Trinajstić information content (AvgIpc) is 2.32. The largest absolute Gasteiger partial charge is 0.398 e. The number of benzene rings is 1. The minimum absolute atomic E-state index is 0.773. The molecule has 96 valence electrons. The van der Waals surface area contributed by atoms with Crippen LogP contribution in [0.3, 0.4) is 0 Å². The van der Waals surface area contributed by atoms with Gasteiger partial charge in [-0.15, -0.1) is 0 Å². The van der Waals surface area contributed by atoms with Crippen molar-refractivity contribution in [2.45, 2.75) is 20.4 Å². The number of ether oxygens (including phenoxy) is 1. The molecule has 3 nitrogen and oxygen atoms in total. The first kappa shape index (κ1) is 14.5. The second-order valence-corrected chi connectivity index (χ2v) is 4.73. The van der Waals surface area contributed by atoms with Gasteiger partial charge >= 0.3 is 0 Å². The van der Waals surface area contributed by atoms with Gasteiger partial charge in [-0.05, 0) is 25.6 Å². The summed E-state index contributed by atoms with van der Waals surface area (Å²) in [6.45, 7) is 8.50. The highest BCUT2D eigenvalue weighted by atomic mass is 79.9. The fraction of sp³-hybridized carbons (Fsp3) is 0.538. The number of halogens is 1. The van der Waals surface area contributed by atoms with Crippen LogP contribution in [0.5, 0.6) is 0 Å². The maximum absolute atomic E-state index is 5.99. The number of hydrogen-bond donors (Lipinski definition) is 1. The van der Waals surface area contributed by atoms with Crippen LogP contribution in [0.1, 0.15) is 19.4 Å². The lowest BCUT2D eigenvalue weighted by Gasteiger charge is -2.21. The van der Waals surface area contributed by atoms with Gasteiger partial charge in [0, 0.05) is 35.4 Å². The van der Waals surface area contributed by atoms with Crippen molar-refractivity contribution in [1.82, 2.24) is 4.90 Å². The van der Waals surface area contributed by atoms with Gasteiger partial charge in [-0.1, -0.05) is 28.9 Å². The molecule has 0 heterocycles. The van der Waals surface area contributed by atoms with E-state index in [0.29, 0.717) is 0 Å². The van der Waals surface area contributed by atoms with E-state index in [-0.39, 0.29) is 0 Å². The zero-order valence-corrected chi connectivity index (χ0v) is 12.2. The molecule has 0 aliphatic carbocycles. The Hall–Kier alpha value is -0.580. The summed E-state index contributed by atoms with van der Waals surface area (Å²) in [7, 11) is 0. The Balaban J connectivity index is 2.60. The van der Waals surface area contributed by atoms with Crippen molar-refractivity contribution < 1.29 is 4.74 Å². The molecule has 4 heteroatoms. The molecule has 1 aromatic carbocycles. The first-order chi connectivity index (χ1) is 8.19. The zero-order chi connectivity index (χ0) is 12.7. The van der Waals surface area contributed by atoms with Crippen LogP contribution in [0.4, 0.5) is 5.69 Å². The van der Waals surface area contributed by atoms with Crippen molar-refractivity contribution in [1.29, 1.82) is 0 Å². The summed E-state index contributed by atoms with van der Waals surface area (Å²) in [5.41, 5.74) is 7.99. The molecule has 0 radical (unpaired) electrons. The Morgan fingerprint density at radius 1 is 1.35 bits per heavy atom. The van der Waals surface area contributed by atoms with Gasteiger partial charge in [-0.2, -0.15) is 0 Å². The number of hydrogen-bond acceptors (Lipinski definition) is 3. The normalized spacial score (nSPS) is 11.1. The minimum Gasteiger partial charge on any atom is -0.398 e. The Bertz CT molecular complexity index is 324. The molecule has 0 aromatic heterocycles. The van der Waals surface area contributed by atoms with Crippen LogP contribution in [0.15, 0.2) is 22.7 Å². The van der Waals surface area contributed by atoms with Gasteiger partial charge in [0.2, 0.25) is 0 Å². The summed E-state index contributed by atoms with van der Waals surface area (Å²) in [4.78, 5) is 2.33. The van der Waals surface area contributed by atoms with E-state index in [1.165, 1.54) is 0 Å². The van der Waals surface area contributed by atoms with Crippen LogP contribution in [-0.2, 0) is 11.3 Å². The van der Waals surface area contributed by atoms with Crippen LogP contribution < -0.4 is 5.73 Å². The molecule has 1 rings (SSSR count). The lowest BCUT2D eigenvalue weighted by atomic mass is 10.1. The summed E-state index contributed by atoms with van der Waals surface area (Å²) < 4.78 is 6.46. The molecule has 0 aliphatic rings. The van der Waals surface area contributed by atoms with Crippen molar-refractivity contribution >= 4 is 21.6 Å². The highest BCUT2D eigenvalue weighted by Crippen LogP contribution is 2.23. The minimum atomic E-state index is 0.773. The predicted molar refractivity (Wildman–Crippen MR) is 76.0 cm³/mol. The van der Waals surface area contributed by atoms with Crippen LogP contribution in [0.2, 0.25) is 0 Å². The van der Waals surface area contributed by atoms with E-state index < -0.39 is 0 Å². The van der Waals surface area contributed by atoms with E-state index in [0.717, 1.165) is 48.6 Å². The van der Waals surface area contributed by atoms with E-state index in [2.05, 4.69) is 27.8 Å². The Morgan fingerprint density at radius 3 is 2.71 bits per heavy atom. The van der Waals surface area contributed by atoms with Gasteiger partial charge in [-0.25, -0.2) is 0 Å². The smallest absolute Gasteiger partial charge is 0.0593 e. The molecular formula is C13H21BrN2O. The molecule has 0 unspecified atom stereocenters. The second-order valence-electron chi connectivity index (χ2n) is 3.87. The second kappa shape index (κ2) is 7.69. The van der Waals surface area contributed by atoms with Gasteiger partial charge in [0.1, 0.15) is 0 Å². The molecular weight excluding hydrogens is 280 g/mol. The van der Waals surface area contributed by atoms with Gasteiger partial charge < -0.3 is 10.5 Å². The van der Waals surface area contributed by atoms with Crippen LogP contribution in [0, 0.1) is 0 Å². The first-order valence-corrected chi connectivity index (χ1v) is 6.81. The van der Waals surface area contributed by atoms with Gasteiger partial charge in [0.05, 0.1) is 6.61 Å². The van der Waals surface area contributed by atoms with Gasteiger partial charge in [0.25, 0.3) is 0 Å². The number of nitrogen functional groups attached to an aromatic ring is 1. The molecule has 17 heavy (non-hydrogen) atoms. The standard InChI is InChI=1S/C13H21BrN2O/c1-3-16(8-9-17-4-2)10-11-12(14)6-5-7-13(11)15/h5-7H,3-4,8-10,15H2,1-2H3. The molecule has 0 bridgehead atoms. The molecule has 0 fully saturated rings. The van der Waals surface area contributed by atoms with E-state index in [1.54, 1.807) is 0 Å². The third kappa shape index (κ3) is 4.66. The van der Waals surface area contributed by atoms with Crippen molar-refractivity contribution in [2.24, 2.45) is 0 Å². The summed E-state index contributed by atoms with van der Waals surface area (Å²) in [5.74, 6) is 0. The summed E-state index contributed by atoms with van der Waals surface area (Å²) >= 11 is 3.55. The highest BCUT2D eigenvalue weighted by molar-refractivity contribution is 9.10. The number of nitrogens with zero attached hydrogens (tertiary/aromatic N) is 1. The monoisotopic (exact) mass is 300 g/mol. The van der Waals surface area contributed by atoms with Crippen LogP contribution >= 0.6 is 15.9 Å². The molecule has 0 saturated heterocycles. The Kier molecular flexibility index (Phi) is 6.55. The lowest BCUT2D eigenvalue weighted by molar-refractivity contribution is 0.113. The SMILES string of the molecule is CCOCCN(CC)Cc1c(N)cccc1Br. The van der Waals surface area contributed by atoms with Crippen LogP contribution in [0.25, 0.3) is 0 Å². The summed E-state index contributed by atoms with van der Waals surface area (Å²) in [5, 5.41) is 0. The molecule has 1 aromatic rings. The topological polar surface area (TPSA) is 38.5 Å². The number of likely N-dealkylation sites (N-methyl/N-ethyl adjacent to an activating group) is 1. The van der Waals surface area contributed by atoms with E-state index >= 15 is 0 Å². The quantitative estimate of drug-likeness (QED) is 0.621. The summed E-state index contributed by atoms with van der Waals surface area (Å²) in [6.07, 6.45) is 0. The summed E-state index contributed by atoms with van der Waals surface area (Å²) in [6, 6.07) is 5.93. The maximum Gasteiger partial charge on any atom is 0.0593 e. The van der Waals surface area contributed by atoms with Crippen molar-refractivity contribution in [3.8, 4) is 0 Å². The van der Waals surface area contributed by atoms with Gasteiger partial charge in [0.15, 0.2) is 0 Å². The molecule has 0 saturated carbocycles. The Labute approximate surface area is 112 Å². The average molecular weight is 301 g/mol. The third-order valence-electron chi connectivity index (χ3n) is 2.74.